The average molecular weight is 1100 g/mol. The number of nitrogens with zero attached hydrogens (tertiary/aromatic N) is 6. The van der Waals surface area contributed by atoms with E-state index in [9.17, 15) is 66.3 Å². The average Bonchev–Trinajstić information content (AvgIpc) is 3.77. The Bertz CT molecular complexity index is 3300. The van der Waals surface area contributed by atoms with E-state index in [1.807, 2.05) is 5.32 Å². The van der Waals surface area contributed by atoms with Gasteiger partial charge in [0.1, 0.15) is 40.9 Å². The minimum atomic E-state index is -5.22. The molecule has 392 valence electrons. The van der Waals surface area contributed by atoms with E-state index in [1.54, 1.807) is 0 Å². The highest BCUT2D eigenvalue weighted by molar-refractivity contribution is 7.92. The van der Waals surface area contributed by atoms with Gasteiger partial charge in [0.2, 0.25) is 22.7 Å². The van der Waals surface area contributed by atoms with E-state index >= 15 is 8.78 Å². The molecule has 1 fully saturated rings. The largest absolute Gasteiger partial charge is 0.465 e. The van der Waals surface area contributed by atoms with E-state index in [1.165, 1.54) is 19.9 Å². The number of pyridine rings is 1. The van der Waals surface area contributed by atoms with Gasteiger partial charge in [0, 0.05) is 53.3 Å². The van der Waals surface area contributed by atoms with Crippen LogP contribution in [-0.2, 0) is 68.5 Å². The molecule has 0 saturated heterocycles. The van der Waals surface area contributed by atoms with Crippen LogP contribution in [0.3, 0.4) is 0 Å². The van der Waals surface area contributed by atoms with E-state index in [0.717, 1.165) is 36.6 Å². The van der Waals surface area contributed by atoms with Gasteiger partial charge in [-0.25, -0.2) is 39.7 Å². The van der Waals surface area contributed by atoms with Gasteiger partial charge in [0.05, 0.1) is 34.5 Å². The van der Waals surface area contributed by atoms with Gasteiger partial charge < -0.3 is 15.7 Å². The molecule has 2 aliphatic rings. The second-order valence-electron chi connectivity index (χ2n) is 17.7. The topological polar surface area (TPSA) is 216 Å². The van der Waals surface area contributed by atoms with Crippen molar-refractivity contribution in [2.45, 2.75) is 94.1 Å². The number of carbonyl (C=O) groups is 3. The Balaban J connectivity index is 1.43. The minimum absolute atomic E-state index is 0.193. The first-order valence-electron chi connectivity index (χ1n) is 21.5. The van der Waals surface area contributed by atoms with Crippen LogP contribution in [0.1, 0.15) is 84.7 Å². The van der Waals surface area contributed by atoms with Gasteiger partial charge in [-0.05, 0) is 80.8 Å². The number of halogens is 11. The van der Waals surface area contributed by atoms with E-state index in [0.29, 0.717) is 10.7 Å². The molecule has 0 radical (unpaired) electrons. The van der Waals surface area contributed by atoms with Gasteiger partial charge in [-0.1, -0.05) is 23.6 Å². The molecule has 16 nitrogen and oxygen atoms in total. The van der Waals surface area contributed by atoms with Gasteiger partial charge in [0.25, 0.3) is 5.92 Å². The number of hydrogen-bond donors (Lipinski definition) is 4. The molecule has 2 aromatic carbocycles. The molecule has 29 heteroatoms. The standard InChI is InChI=1S/C44H39ClF10N8O8S2/c1-41(2,73(3,70)71)11-10-24-6-7-25(26-8-9-29(45)35-31(59-62(37(26)35)20-42(48,49)50)18-63(72(68)69)33(65)5-4-12-56-40(66)67)36(57-24)30(15-21-13-22(46)16-23(47)14-21)58-32(64)19-61-39-34(38(60-61)44(53,54)55)27-17-28(27)43(39,51)52/h6-9,13-14,16,27-28,30,56,72H,4-5,12,15,17-20H2,1-3H3,(H,58,64)(H,66,67)/t27-,28+,30?/m0/s1. The van der Waals surface area contributed by atoms with Gasteiger partial charge in [-0.2, -0.15) is 45.3 Å². The number of alkyl halides is 8. The normalized spacial score (nSPS) is 16.6. The Morgan fingerprint density at radius 3 is 2.26 bits per heavy atom. The van der Waals surface area contributed by atoms with Gasteiger partial charge >= 0.3 is 18.4 Å². The summed E-state index contributed by atoms with van der Waals surface area (Å²) in [5.74, 6) is -6.15. The summed E-state index contributed by atoms with van der Waals surface area (Å²) in [7, 11) is -7.73. The number of thiol groups is 1. The zero-order valence-electron chi connectivity index (χ0n) is 37.9. The summed E-state index contributed by atoms with van der Waals surface area (Å²) in [4.78, 5) is 42.7. The number of benzene rings is 2. The number of carboxylic acid groups (broad SMARTS) is 1. The van der Waals surface area contributed by atoms with Crippen molar-refractivity contribution in [2.75, 3.05) is 12.8 Å². The van der Waals surface area contributed by atoms with Crippen molar-refractivity contribution >= 4 is 61.1 Å². The molecule has 2 aliphatic carbocycles. The first-order valence-corrected chi connectivity index (χ1v) is 24.9. The first-order chi connectivity index (χ1) is 33.8. The van der Waals surface area contributed by atoms with E-state index in [-0.39, 0.29) is 61.2 Å². The smallest absolute Gasteiger partial charge is 0.435 e. The third-order valence-corrected chi connectivity index (χ3v) is 15.1. The van der Waals surface area contributed by atoms with E-state index < -0.39 is 158 Å². The molecular formula is C44H39ClF10N8O8S2. The lowest BCUT2D eigenvalue weighted by molar-refractivity contribution is -0.143. The maximum absolute atomic E-state index is 15.6. The fraction of sp³-hybridized carbons (Fsp3) is 0.409. The first kappa shape index (κ1) is 54.3. The molecule has 7 rings (SSSR count). The number of carbonyl (C=O) groups excluding carboxylic acids is 2. The molecule has 3 atom stereocenters. The monoisotopic (exact) mass is 1100 g/mol. The maximum Gasteiger partial charge on any atom is 0.435 e. The van der Waals surface area contributed by atoms with Gasteiger partial charge in [-0.3, -0.25) is 19.0 Å². The lowest BCUT2D eigenvalue weighted by Gasteiger charge is -2.23. The van der Waals surface area contributed by atoms with Crippen molar-refractivity contribution in [2.24, 2.45) is 5.92 Å². The van der Waals surface area contributed by atoms with Crippen LogP contribution in [0.2, 0.25) is 5.02 Å². The summed E-state index contributed by atoms with van der Waals surface area (Å²) in [6, 6.07) is 4.95. The second-order valence-corrected chi connectivity index (χ2v) is 21.6. The summed E-state index contributed by atoms with van der Waals surface area (Å²) in [5.41, 5.74) is -6.09. The van der Waals surface area contributed by atoms with Crippen molar-refractivity contribution in [1.82, 2.24) is 39.5 Å². The predicted octanol–water partition coefficient (Wildman–Crippen LogP) is 7.19. The summed E-state index contributed by atoms with van der Waals surface area (Å²) in [5, 5.41) is 19.9. The highest BCUT2D eigenvalue weighted by atomic mass is 35.5. The number of hydrogen-bond acceptors (Lipinski definition) is 10. The zero-order valence-corrected chi connectivity index (χ0v) is 40.4. The Kier molecular flexibility index (Phi) is 14.7. The van der Waals surface area contributed by atoms with Crippen molar-refractivity contribution in [3.8, 4) is 23.0 Å². The Hall–Kier alpha value is -6.47. The molecule has 73 heavy (non-hydrogen) atoms. The molecule has 1 saturated carbocycles. The van der Waals surface area contributed by atoms with E-state index in [2.05, 4.69) is 32.3 Å². The number of fused-ring (bicyclic) bond motifs is 4. The number of aromatic nitrogens is 5. The van der Waals surface area contributed by atoms with Crippen molar-refractivity contribution < 1.29 is 80.2 Å². The highest BCUT2D eigenvalue weighted by Crippen LogP contribution is 2.68. The van der Waals surface area contributed by atoms with Crippen LogP contribution in [0.5, 0.6) is 0 Å². The third-order valence-electron chi connectivity index (χ3n) is 12.0. The molecule has 0 spiro atoms. The fourth-order valence-corrected chi connectivity index (χ4v) is 9.43. The molecule has 5 aromatic rings. The summed E-state index contributed by atoms with van der Waals surface area (Å²) in [6.07, 6.45) is -12.6. The van der Waals surface area contributed by atoms with Gasteiger partial charge in [-0.15, -0.1) is 0 Å². The molecule has 0 bridgehead atoms. The molecule has 3 N–H and O–H groups in total. The lowest BCUT2D eigenvalue weighted by atomic mass is 9.93. The maximum atomic E-state index is 15.6. The number of rotatable bonds is 16. The van der Waals surface area contributed by atoms with Crippen LogP contribution in [0, 0.1) is 29.4 Å². The van der Waals surface area contributed by atoms with Crippen LogP contribution < -0.4 is 10.6 Å². The van der Waals surface area contributed by atoms with E-state index in [4.69, 9.17) is 16.7 Å². The third kappa shape index (κ3) is 11.7. The predicted molar refractivity (Wildman–Crippen MR) is 239 cm³/mol. The summed E-state index contributed by atoms with van der Waals surface area (Å²) < 4.78 is 196. The second kappa shape index (κ2) is 19.8. The highest BCUT2D eigenvalue weighted by Gasteiger charge is 2.68. The summed E-state index contributed by atoms with van der Waals surface area (Å²) >= 11 is 6.62. The van der Waals surface area contributed by atoms with Crippen molar-refractivity contribution in [1.29, 1.82) is 0 Å². The SMILES string of the molecule is CC(C)(C#Cc1ccc(-c2ccc(Cl)c3c(CN(C(=O)CCCNC(=O)O)[SH](=O)=O)nn(CC(F)(F)F)c23)c(C(Cc2cc(F)cc(F)c2)NC(=O)Cn2nc(C(F)(F)F)c3c2C(F)(F)[C@@H]2C[C@H]32)n1)S(C)(=O)=O. The van der Waals surface area contributed by atoms with Crippen molar-refractivity contribution in [3.05, 3.63) is 98.7 Å². The number of amides is 3. The van der Waals surface area contributed by atoms with Crippen LogP contribution in [-0.4, -0.2) is 92.4 Å². The molecule has 0 aliphatic heterocycles. The molecule has 3 heterocycles. The summed E-state index contributed by atoms with van der Waals surface area (Å²) in [6.45, 7) is -2.01. The molecular weight excluding hydrogens is 1060 g/mol. The van der Waals surface area contributed by atoms with Crippen LogP contribution in [0.4, 0.5) is 48.7 Å². The fourth-order valence-electron chi connectivity index (χ4n) is 8.40. The number of sulfone groups is 1. The Labute approximate surface area is 414 Å². The van der Waals surface area contributed by atoms with Crippen LogP contribution in [0.15, 0.2) is 42.5 Å². The van der Waals surface area contributed by atoms with Crippen molar-refractivity contribution in [3.63, 3.8) is 0 Å². The van der Waals surface area contributed by atoms with Crippen LogP contribution in [0.25, 0.3) is 22.0 Å². The molecule has 1 unspecified atom stereocenters. The van der Waals surface area contributed by atoms with Crippen LogP contribution >= 0.6 is 11.6 Å². The van der Waals surface area contributed by atoms with Gasteiger partial charge in [0.15, 0.2) is 15.5 Å². The zero-order chi connectivity index (χ0) is 53.9. The molecule has 3 aromatic heterocycles. The Morgan fingerprint density at radius 1 is 1.00 bits per heavy atom. The lowest BCUT2D eigenvalue weighted by Crippen LogP contribution is -2.35. The minimum Gasteiger partial charge on any atom is -0.465 e. The number of nitrogens with one attached hydrogen (secondary N) is 2. The Morgan fingerprint density at radius 2 is 1.66 bits per heavy atom. The quantitative estimate of drug-likeness (QED) is 0.0336. The molecule has 3 amide bonds.